The molecule has 0 radical (unpaired) electrons. The van der Waals surface area contributed by atoms with Crippen LogP contribution in [-0.4, -0.2) is 57.1 Å². The first-order valence-electron chi connectivity index (χ1n) is 9.25. The number of aromatic nitrogens is 4. The highest BCUT2D eigenvalue weighted by atomic mass is 32.2. The van der Waals surface area contributed by atoms with Gasteiger partial charge in [-0.05, 0) is 42.3 Å². The van der Waals surface area contributed by atoms with Crippen LogP contribution < -0.4 is 10.1 Å². The maximum atomic E-state index is 12.0. The highest BCUT2D eigenvalue weighted by Crippen LogP contribution is 2.26. The zero-order valence-corrected chi connectivity index (χ0v) is 16.5. The Morgan fingerprint density at radius 1 is 1.29 bits per heavy atom. The molecule has 9 nitrogen and oxygen atoms in total. The van der Waals surface area contributed by atoms with Crippen molar-refractivity contribution < 1.29 is 19.1 Å². The molecule has 1 aromatic heterocycles. The number of ether oxygens (including phenoxy) is 2. The smallest absolute Gasteiger partial charge is 0.316 e. The van der Waals surface area contributed by atoms with Crippen molar-refractivity contribution in [2.75, 3.05) is 19.0 Å². The fourth-order valence-corrected chi connectivity index (χ4v) is 3.66. The van der Waals surface area contributed by atoms with Crippen LogP contribution in [0.15, 0.2) is 29.4 Å². The molecule has 2 aromatic rings. The van der Waals surface area contributed by atoms with Gasteiger partial charge in [-0.15, -0.1) is 5.10 Å². The number of carbonyl (C=O) groups excluding carboxylic acids is 2. The Morgan fingerprint density at radius 2 is 2.07 bits per heavy atom. The standard InChI is InChI=1S/C18H23N5O4S/c1-2-26-15-10-6-5-9-14(15)23-18(20-21-22-23)28-12-17(25)27-11-16(24)19-13-7-3-4-8-13/h5-6,9-10,13H,2-4,7-8,11-12H2,1H3,(H,19,24). The highest BCUT2D eigenvalue weighted by Gasteiger charge is 2.19. The summed E-state index contributed by atoms with van der Waals surface area (Å²) in [5, 5.41) is 14.9. The summed E-state index contributed by atoms with van der Waals surface area (Å²) in [4.78, 5) is 23.8. The van der Waals surface area contributed by atoms with E-state index in [0.717, 1.165) is 37.4 Å². The Balaban J connectivity index is 1.51. The van der Waals surface area contributed by atoms with Crippen molar-refractivity contribution in [2.24, 2.45) is 0 Å². The summed E-state index contributed by atoms with van der Waals surface area (Å²) >= 11 is 1.13. The van der Waals surface area contributed by atoms with Gasteiger partial charge in [0.2, 0.25) is 5.16 Å². The molecule has 0 aliphatic heterocycles. The fraction of sp³-hybridized carbons (Fsp3) is 0.500. The van der Waals surface area contributed by atoms with Crippen LogP contribution in [0.1, 0.15) is 32.6 Å². The molecular weight excluding hydrogens is 382 g/mol. The molecule has 0 saturated heterocycles. The Kier molecular flexibility index (Phi) is 7.24. The molecule has 1 saturated carbocycles. The van der Waals surface area contributed by atoms with E-state index in [-0.39, 0.29) is 24.3 Å². The first-order valence-corrected chi connectivity index (χ1v) is 10.2. The molecule has 1 aromatic carbocycles. The van der Waals surface area contributed by atoms with E-state index in [1.165, 1.54) is 4.68 Å². The minimum absolute atomic E-state index is 0.00607. The van der Waals surface area contributed by atoms with Crippen molar-refractivity contribution in [1.29, 1.82) is 0 Å². The predicted octanol–water partition coefficient (Wildman–Crippen LogP) is 1.76. The van der Waals surface area contributed by atoms with Crippen molar-refractivity contribution in [3.63, 3.8) is 0 Å². The van der Waals surface area contributed by atoms with E-state index in [1.807, 2.05) is 31.2 Å². The van der Waals surface area contributed by atoms with Crippen molar-refractivity contribution in [2.45, 2.75) is 43.8 Å². The van der Waals surface area contributed by atoms with Gasteiger partial charge in [0.05, 0.1) is 12.4 Å². The molecule has 150 valence electrons. The number of tetrazole rings is 1. The van der Waals surface area contributed by atoms with Crippen LogP contribution in [0.3, 0.4) is 0 Å². The molecular formula is C18H23N5O4S. The second-order valence-corrected chi connectivity index (χ2v) is 7.21. The van der Waals surface area contributed by atoms with Crippen molar-refractivity contribution in [3.8, 4) is 11.4 Å². The predicted molar refractivity (Wildman–Crippen MR) is 102 cm³/mol. The van der Waals surface area contributed by atoms with Crippen LogP contribution in [0.4, 0.5) is 0 Å². The molecule has 0 unspecified atom stereocenters. The van der Waals surface area contributed by atoms with Crippen LogP contribution in [0, 0.1) is 0 Å². The van der Waals surface area contributed by atoms with Gasteiger partial charge in [0.25, 0.3) is 5.91 Å². The summed E-state index contributed by atoms with van der Waals surface area (Å²) in [5.41, 5.74) is 0.682. The molecule has 0 atom stereocenters. The SMILES string of the molecule is CCOc1ccccc1-n1nnnc1SCC(=O)OCC(=O)NC1CCCC1. The second-order valence-electron chi connectivity index (χ2n) is 6.27. The Labute approximate surface area is 167 Å². The number of para-hydroxylation sites is 2. The first-order chi connectivity index (χ1) is 13.7. The van der Waals surface area contributed by atoms with E-state index >= 15 is 0 Å². The average Bonchev–Trinajstić information content (AvgIpc) is 3.37. The van der Waals surface area contributed by atoms with E-state index in [2.05, 4.69) is 20.8 Å². The van der Waals surface area contributed by atoms with Crippen molar-refractivity contribution in [3.05, 3.63) is 24.3 Å². The highest BCUT2D eigenvalue weighted by molar-refractivity contribution is 7.99. The molecule has 0 bridgehead atoms. The molecule has 1 fully saturated rings. The van der Waals surface area contributed by atoms with Crippen LogP contribution >= 0.6 is 11.8 Å². The van der Waals surface area contributed by atoms with Crippen LogP contribution in [-0.2, 0) is 14.3 Å². The number of amides is 1. The molecule has 10 heteroatoms. The van der Waals surface area contributed by atoms with E-state index < -0.39 is 5.97 Å². The largest absolute Gasteiger partial charge is 0.492 e. The lowest BCUT2D eigenvalue weighted by molar-refractivity contribution is -0.146. The van der Waals surface area contributed by atoms with Crippen LogP contribution in [0.25, 0.3) is 5.69 Å². The average molecular weight is 405 g/mol. The lowest BCUT2D eigenvalue weighted by atomic mass is 10.2. The summed E-state index contributed by atoms with van der Waals surface area (Å²) in [6, 6.07) is 7.57. The maximum absolute atomic E-state index is 12.0. The Bertz CT molecular complexity index is 807. The molecule has 1 aliphatic carbocycles. The number of rotatable bonds is 9. The monoisotopic (exact) mass is 405 g/mol. The second kappa shape index (κ2) is 10.1. The summed E-state index contributed by atoms with van der Waals surface area (Å²) in [6.45, 7) is 2.13. The van der Waals surface area contributed by atoms with Gasteiger partial charge < -0.3 is 14.8 Å². The van der Waals surface area contributed by atoms with E-state index in [4.69, 9.17) is 9.47 Å². The maximum Gasteiger partial charge on any atom is 0.316 e. The van der Waals surface area contributed by atoms with E-state index in [0.29, 0.717) is 23.2 Å². The summed E-state index contributed by atoms with van der Waals surface area (Å²) in [5.74, 6) is -0.126. The minimum Gasteiger partial charge on any atom is -0.492 e. The Hall–Kier alpha value is -2.62. The number of thioether (sulfide) groups is 1. The van der Waals surface area contributed by atoms with Gasteiger partial charge >= 0.3 is 5.97 Å². The van der Waals surface area contributed by atoms with Crippen LogP contribution in [0.2, 0.25) is 0 Å². The summed E-state index contributed by atoms with van der Waals surface area (Å²) in [7, 11) is 0. The molecule has 1 N–H and O–H groups in total. The fourth-order valence-electron chi connectivity index (χ4n) is 2.98. The van der Waals surface area contributed by atoms with Crippen LogP contribution in [0.5, 0.6) is 5.75 Å². The van der Waals surface area contributed by atoms with Gasteiger partial charge in [-0.25, -0.2) is 0 Å². The minimum atomic E-state index is -0.501. The number of nitrogens with one attached hydrogen (secondary N) is 1. The number of esters is 1. The van der Waals surface area contributed by atoms with Gasteiger partial charge in [-0.1, -0.05) is 36.7 Å². The third-order valence-electron chi connectivity index (χ3n) is 4.24. The normalized spacial score (nSPS) is 14.0. The third-order valence-corrected chi connectivity index (χ3v) is 5.13. The molecule has 1 aliphatic rings. The Morgan fingerprint density at radius 3 is 2.86 bits per heavy atom. The quantitative estimate of drug-likeness (QED) is 0.497. The number of benzene rings is 1. The van der Waals surface area contributed by atoms with Gasteiger partial charge in [-0.3, -0.25) is 9.59 Å². The first kappa shape index (κ1) is 20.1. The molecule has 28 heavy (non-hydrogen) atoms. The third kappa shape index (κ3) is 5.44. The van der Waals surface area contributed by atoms with Crippen molar-refractivity contribution in [1.82, 2.24) is 25.5 Å². The van der Waals surface area contributed by atoms with Gasteiger partial charge in [0.1, 0.15) is 11.4 Å². The molecule has 3 rings (SSSR count). The summed E-state index contributed by atoms with van der Waals surface area (Å²) in [6.07, 6.45) is 4.23. The number of hydrogen-bond acceptors (Lipinski definition) is 8. The zero-order chi connectivity index (χ0) is 19.8. The molecule has 1 heterocycles. The molecule has 0 spiro atoms. The van der Waals surface area contributed by atoms with Gasteiger partial charge in [0.15, 0.2) is 6.61 Å². The lowest BCUT2D eigenvalue weighted by Gasteiger charge is -2.12. The van der Waals surface area contributed by atoms with Gasteiger partial charge in [0, 0.05) is 6.04 Å². The number of nitrogens with zero attached hydrogens (tertiary/aromatic N) is 4. The zero-order valence-electron chi connectivity index (χ0n) is 15.7. The van der Waals surface area contributed by atoms with Gasteiger partial charge in [-0.2, -0.15) is 4.68 Å². The van der Waals surface area contributed by atoms with E-state index in [1.54, 1.807) is 0 Å². The number of hydrogen-bond donors (Lipinski definition) is 1. The molecule has 1 amide bonds. The lowest BCUT2D eigenvalue weighted by Crippen LogP contribution is -2.36. The topological polar surface area (TPSA) is 108 Å². The van der Waals surface area contributed by atoms with Crippen molar-refractivity contribution >= 4 is 23.6 Å². The van der Waals surface area contributed by atoms with E-state index in [9.17, 15) is 9.59 Å². The summed E-state index contributed by atoms with van der Waals surface area (Å²) < 4.78 is 12.2. The number of carbonyl (C=O) groups is 2.